The Morgan fingerprint density at radius 3 is 2.26 bits per heavy atom. The summed E-state index contributed by atoms with van der Waals surface area (Å²) in [5, 5.41) is 13.0. The SMILES string of the molecule is CC(C)(C)OC(=O)N1CCC(N(Cc2cc(C(=O)O)no2)C(=O)OCC2c3ccccc3-c3ccccc32)C12CCCC2. The number of hydrogen-bond acceptors (Lipinski definition) is 7. The second-order valence-electron chi connectivity index (χ2n) is 12.7. The molecule has 226 valence electrons. The average molecular weight is 588 g/mol. The van der Waals surface area contributed by atoms with Gasteiger partial charge in [0.25, 0.3) is 0 Å². The molecule has 1 aliphatic heterocycles. The first-order valence-corrected chi connectivity index (χ1v) is 14.9. The third-order valence-corrected chi connectivity index (χ3v) is 8.92. The van der Waals surface area contributed by atoms with Crippen molar-refractivity contribution in [1.82, 2.24) is 15.0 Å². The van der Waals surface area contributed by atoms with Crippen LogP contribution >= 0.6 is 0 Å². The highest BCUT2D eigenvalue weighted by atomic mass is 16.6. The number of carbonyl (C=O) groups excluding carboxylic acids is 2. The number of nitrogens with zero attached hydrogens (tertiary/aromatic N) is 3. The maximum Gasteiger partial charge on any atom is 0.410 e. The number of fused-ring (bicyclic) bond motifs is 3. The number of ether oxygens (including phenoxy) is 2. The second-order valence-corrected chi connectivity index (χ2v) is 12.7. The van der Waals surface area contributed by atoms with Gasteiger partial charge in [0.05, 0.1) is 18.1 Å². The Bertz CT molecular complexity index is 1490. The summed E-state index contributed by atoms with van der Waals surface area (Å²) in [4.78, 5) is 42.4. The maximum absolute atomic E-state index is 14.1. The largest absolute Gasteiger partial charge is 0.476 e. The fraction of sp³-hybridized carbons (Fsp3) is 0.455. The van der Waals surface area contributed by atoms with E-state index in [-0.39, 0.29) is 36.6 Å². The van der Waals surface area contributed by atoms with Crippen molar-refractivity contribution in [3.63, 3.8) is 0 Å². The molecule has 0 bridgehead atoms. The molecule has 1 saturated carbocycles. The summed E-state index contributed by atoms with van der Waals surface area (Å²) in [6.07, 6.45) is 2.87. The van der Waals surface area contributed by atoms with Crippen LogP contribution in [0.3, 0.4) is 0 Å². The summed E-state index contributed by atoms with van der Waals surface area (Å²) < 4.78 is 17.2. The monoisotopic (exact) mass is 587 g/mol. The predicted octanol–water partition coefficient (Wildman–Crippen LogP) is 6.45. The van der Waals surface area contributed by atoms with Crippen LogP contribution in [0.15, 0.2) is 59.1 Å². The van der Waals surface area contributed by atoms with E-state index in [1.165, 1.54) is 6.07 Å². The van der Waals surface area contributed by atoms with Gasteiger partial charge in [-0.05, 0) is 62.3 Å². The highest BCUT2D eigenvalue weighted by molar-refractivity contribution is 5.85. The van der Waals surface area contributed by atoms with Crippen molar-refractivity contribution in [1.29, 1.82) is 0 Å². The molecule has 10 nitrogen and oxygen atoms in total. The van der Waals surface area contributed by atoms with Crippen LogP contribution in [0.2, 0.25) is 0 Å². The zero-order valence-electron chi connectivity index (χ0n) is 24.7. The number of carboxylic acid groups (broad SMARTS) is 1. The van der Waals surface area contributed by atoms with Crippen LogP contribution < -0.4 is 0 Å². The summed E-state index contributed by atoms with van der Waals surface area (Å²) >= 11 is 0. The number of aromatic nitrogens is 1. The lowest BCUT2D eigenvalue weighted by Gasteiger charge is -2.43. The molecule has 1 spiro atoms. The van der Waals surface area contributed by atoms with Crippen molar-refractivity contribution >= 4 is 18.2 Å². The minimum absolute atomic E-state index is 0.0362. The van der Waals surface area contributed by atoms with Crippen molar-refractivity contribution in [2.75, 3.05) is 13.2 Å². The minimum Gasteiger partial charge on any atom is -0.476 e. The van der Waals surface area contributed by atoms with Gasteiger partial charge in [0.15, 0.2) is 11.5 Å². The smallest absolute Gasteiger partial charge is 0.410 e. The van der Waals surface area contributed by atoms with Crippen molar-refractivity contribution in [2.45, 2.75) is 82.5 Å². The highest BCUT2D eigenvalue weighted by Crippen LogP contribution is 2.47. The number of hydrogen-bond donors (Lipinski definition) is 1. The Labute approximate surface area is 250 Å². The van der Waals surface area contributed by atoms with Crippen LogP contribution in [0.25, 0.3) is 11.1 Å². The van der Waals surface area contributed by atoms with Gasteiger partial charge in [-0.3, -0.25) is 4.90 Å². The van der Waals surface area contributed by atoms with Crippen molar-refractivity contribution < 1.29 is 33.5 Å². The van der Waals surface area contributed by atoms with Crippen LogP contribution in [-0.2, 0) is 16.0 Å². The van der Waals surface area contributed by atoms with E-state index in [4.69, 9.17) is 14.0 Å². The minimum atomic E-state index is -1.22. The van der Waals surface area contributed by atoms with Gasteiger partial charge in [0.2, 0.25) is 0 Å². The maximum atomic E-state index is 14.1. The molecular formula is C33H37N3O7. The molecule has 1 N–H and O–H groups in total. The molecule has 1 atom stereocenters. The summed E-state index contributed by atoms with van der Waals surface area (Å²) in [6, 6.07) is 17.2. The molecule has 10 heteroatoms. The lowest BCUT2D eigenvalue weighted by molar-refractivity contribution is -0.00671. The molecule has 6 rings (SSSR count). The number of carboxylic acids is 1. The third-order valence-electron chi connectivity index (χ3n) is 8.92. The van der Waals surface area contributed by atoms with Gasteiger partial charge in [0, 0.05) is 18.5 Å². The van der Waals surface area contributed by atoms with E-state index in [9.17, 15) is 19.5 Å². The first-order chi connectivity index (χ1) is 20.6. The summed E-state index contributed by atoms with van der Waals surface area (Å²) in [6.45, 7) is 6.05. The molecule has 2 aliphatic carbocycles. The van der Waals surface area contributed by atoms with Gasteiger partial charge < -0.3 is 24.0 Å². The molecule has 2 fully saturated rings. The topological polar surface area (TPSA) is 122 Å². The van der Waals surface area contributed by atoms with Gasteiger partial charge in [-0.1, -0.05) is 66.5 Å². The Hall–Kier alpha value is -4.34. The first-order valence-electron chi connectivity index (χ1n) is 14.9. The quantitative estimate of drug-likeness (QED) is 0.349. The molecule has 1 saturated heterocycles. The summed E-state index contributed by atoms with van der Waals surface area (Å²) in [5.41, 5.74) is 2.96. The molecule has 2 amide bonds. The Kier molecular flexibility index (Phi) is 7.40. The summed E-state index contributed by atoms with van der Waals surface area (Å²) in [5.74, 6) is -1.11. The third kappa shape index (κ3) is 5.34. The predicted molar refractivity (Wildman–Crippen MR) is 157 cm³/mol. The first kappa shape index (κ1) is 28.8. The van der Waals surface area contributed by atoms with Crippen LogP contribution in [0.5, 0.6) is 0 Å². The van der Waals surface area contributed by atoms with Crippen LogP contribution in [0.1, 0.15) is 86.2 Å². The van der Waals surface area contributed by atoms with Gasteiger partial charge in [-0.25, -0.2) is 14.4 Å². The molecule has 2 heterocycles. The number of likely N-dealkylation sites (tertiary alicyclic amines) is 1. The highest BCUT2D eigenvalue weighted by Gasteiger charge is 2.56. The summed E-state index contributed by atoms with van der Waals surface area (Å²) in [7, 11) is 0. The van der Waals surface area contributed by atoms with Gasteiger partial charge >= 0.3 is 18.2 Å². The number of aromatic carboxylic acids is 1. The molecule has 1 aromatic heterocycles. The Balaban J connectivity index is 1.29. The van der Waals surface area contributed by atoms with Crippen molar-refractivity contribution in [3.05, 3.63) is 77.2 Å². The van der Waals surface area contributed by atoms with Crippen LogP contribution in [0.4, 0.5) is 9.59 Å². The average Bonchev–Trinajstić information content (AvgIpc) is 3.76. The van der Waals surface area contributed by atoms with Crippen molar-refractivity contribution in [2.24, 2.45) is 0 Å². The normalized spacial score (nSPS) is 18.9. The number of benzene rings is 2. The number of amides is 2. The lowest BCUT2D eigenvalue weighted by Crippen LogP contribution is -2.58. The van der Waals surface area contributed by atoms with E-state index in [0.29, 0.717) is 13.0 Å². The van der Waals surface area contributed by atoms with Crippen LogP contribution in [0, 0.1) is 0 Å². The fourth-order valence-electron chi connectivity index (χ4n) is 7.18. The molecule has 3 aromatic rings. The van der Waals surface area contributed by atoms with E-state index in [0.717, 1.165) is 47.9 Å². The van der Waals surface area contributed by atoms with Gasteiger partial charge in [-0.2, -0.15) is 0 Å². The zero-order valence-corrected chi connectivity index (χ0v) is 24.7. The fourth-order valence-corrected chi connectivity index (χ4v) is 7.18. The van der Waals surface area contributed by atoms with Crippen LogP contribution in [-0.4, -0.2) is 68.6 Å². The molecule has 2 aromatic carbocycles. The number of carbonyl (C=O) groups is 3. The van der Waals surface area contributed by atoms with E-state index >= 15 is 0 Å². The van der Waals surface area contributed by atoms with Crippen molar-refractivity contribution in [3.8, 4) is 11.1 Å². The molecule has 1 unspecified atom stereocenters. The Morgan fingerprint density at radius 1 is 1.05 bits per heavy atom. The lowest BCUT2D eigenvalue weighted by atomic mass is 9.88. The van der Waals surface area contributed by atoms with E-state index in [2.05, 4.69) is 29.4 Å². The Morgan fingerprint density at radius 2 is 1.67 bits per heavy atom. The van der Waals surface area contributed by atoms with E-state index < -0.39 is 29.3 Å². The second kappa shape index (κ2) is 11.1. The standard InChI is InChI=1S/C33H37N3O7/c1-32(2,3)42-31(40)36-17-14-28(33(36)15-8-9-16-33)35(19-21-18-27(29(37)38)34-43-21)30(39)41-20-26-24-12-6-4-10-22(24)23-11-5-7-13-25(23)26/h4-7,10-13,18,26,28H,8-9,14-17,19-20H2,1-3H3,(H,37,38). The molecule has 43 heavy (non-hydrogen) atoms. The zero-order chi connectivity index (χ0) is 30.4. The van der Waals surface area contributed by atoms with E-state index in [1.807, 2.05) is 45.0 Å². The molecule has 3 aliphatic rings. The van der Waals surface area contributed by atoms with Gasteiger partial charge in [0.1, 0.15) is 12.2 Å². The molecular weight excluding hydrogens is 550 g/mol. The van der Waals surface area contributed by atoms with Gasteiger partial charge in [-0.15, -0.1) is 0 Å². The number of rotatable bonds is 6. The van der Waals surface area contributed by atoms with E-state index in [1.54, 1.807) is 9.80 Å². The molecule has 0 radical (unpaired) electrons.